The number of aliphatic hydroxyl groups is 4. The third kappa shape index (κ3) is 11.2. The zero-order chi connectivity index (χ0) is 33.5. The van der Waals surface area contributed by atoms with Gasteiger partial charge in [0.15, 0.2) is 6.10 Å². The Morgan fingerprint density at radius 3 is 2.58 bits per heavy atom. The number of nitrogens with zero attached hydrogens (tertiary/aromatic N) is 2. The molecule has 0 aromatic rings. The molecule has 3 aliphatic rings. The number of amides is 1. The molecule has 2 fully saturated rings. The van der Waals surface area contributed by atoms with Gasteiger partial charge in [0.2, 0.25) is 0 Å². The van der Waals surface area contributed by atoms with Gasteiger partial charge in [-0.05, 0) is 58.7 Å². The summed E-state index contributed by atoms with van der Waals surface area (Å²) >= 11 is 0. The van der Waals surface area contributed by atoms with Crippen LogP contribution in [-0.4, -0.2) is 123 Å². The number of rotatable bonds is 9. The van der Waals surface area contributed by atoms with Gasteiger partial charge in [0.1, 0.15) is 11.7 Å². The van der Waals surface area contributed by atoms with Crippen LogP contribution in [0.15, 0.2) is 36.0 Å². The number of carbonyl (C=O) groups excluding carboxylic acids is 2. The van der Waals surface area contributed by atoms with Gasteiger partial charge >= 0.3 is 12.1 Å². The van der Waals surface area contributed by atoms with Crippen LogP contribution in [0.25, 0.3) is 0 Å². The lowest BCUT2D eigenvalue weighted by atomic mass is 9.88. The molecule has 0 aliphatic carbocycles. The molecule has 3 heterocycles. The lowest BCUT2D eigenvalue weighted by Gasteiger charge is -2.36. The van der Waals surface area contributed by atoms with Crippen LogP contribution >= 0.6 is 0 Å². The average molecular weight is 637 g/mol. The largest absolute Gasteiger partial charge is 0.457 e. The minimum absolute atomic E-state index is 0.00985. The van der Waals surface area contributed by atoms with E-state index in [9.17, 15) is 30.0 Å². The Morgan fingerprint density at radius 2 is 1.93 bits per heavy atom. The average Bonchev–Trinajstić information content (AvgIpc) is 3.73. The first-order chi connectivity index (χ1) is 21.0. The summed E-state index contributed by atoms with van der Waals surface area (Å²) in [6.45, 7) is 13.3. The Hall–Kier alpha value is -2.28. The highest BCUT2D eigenvalue weighted by Crippen LogP contribution is 2.37. The minimum Gasteiger partial charge on any atom is -0.457 e. The van der Waals surface area contributed by atoms with E-state index in [4.69, 9.17) is 14.2 Å². The molecule has 4 N–H and O–H groups in total. The molecule has 0 unspecified atom stereocenters. The summed E-state index contributed by atoms with van der Waals surface area (Å²) in [7, 11) is 1.99. The molecule has 0 bridgehead atoms. The molecular formula is C34H56N2O9. The maximum absolute atomic E-state index is 13.0. The van der Waals surface area contributed by atoms with Crippen molar-refractivity contribution in [3.8, 4) is 0 Å². The number of ether oxygens (including phenoxy) is 3. The number of cyclic esters (lactones) is 1. The van der Waals surface area contributed by atoms with Crippen molar-refractivity contribution in [2.75, 3.05) is 33.2 Å². The highest BCUT2D eigenvalue weighted by atomic mass is 16.6. The fraction of sp³-hybridized carbons (Fsp3) is 0.765. The molecule has 11 heteroatoms. The van der Waals surface area contributed by atoms with Crippen molar-refractivity contribution >= 4 is 12.1 Å². The van der Waals surface area contributed by atoms with E-state index in [0.29, 0.717) is 31.5 Å². The third-order valence-electron chi connectivity index (χ3n) is 9.36. The van der Waals surface area contributed by atoms with Crippen LogP contribution < -0.4 is 0 Å². The van der Waals surface area contributed by atoms with Crippen LogP contribution in [0.1, 0.15) is 73.6 Å². The van der Waals surface area contributed by atoms with Gasteiger partial charge in [-0.15, -0.1) is 0 Å². The van der Waals surface area contributed by atoms with Crippen molar-refractivity contribution in [3.05, 3.63) is 36.0 Å². The molecule has 10 atom stereocenters. The highest BCUT2D eigenvalue weighted by Gasteiger charge is 2.47. The molecule has 2 saturated heterocycles. The molecule has 0 aromatic carbocycles. The Balaban J connectivity index is 1.74. The van der Waals surface area contributed by atoms with E-state index >= 15 is 0 Å². The summed E-state index contributed by atoms with van der Waals surface area (Å²) in [5.41, 5.74) is -1.93. The first-order valence-electron chi connectivity index (χ1n) is 16.4. The van der Waals surface area contributed by atoms with Crippen molar-refractivity contribution < 1.29 is 44.2 Å². The number of piperazine rings is 1. The normalized spacial score (nSPS) is 35.8. The zero-order valence-electron chi connectivity index (χ0n) is 28.1. The Labute approximate surface area is 268 Å². The van der Waals surface area contributed by atoms with E-state index in [-0.39, 0.29) is 43.3 Å². The Morgan fingerprint density at radius 1 is 1.27 bits per heavy atom. The van der Waals surface area contributed by atoms with E-state index in [0.717, 1.165) is 13.1 Å². The number of hydrogen-bond acceptors (Lipinski definition) is 10. The number of carbonyl (C=O) groups is 2. The van der Waals surface area contributed by atoms with Crippen molar-refractivity contribution in [2.24, 2.45) is 11.8 Å². The summed E-state index contributed by atoms with van der Waals surface area (Å²) < 4.78 is 17.4. The molecule has 3 aliphatic heterocycles. The summed E-state index contributed by atoms with van der Waals surface area (Å²) in [5, 5.41) is 43.0. The van der Waals surface area contributed by atoms with Crippen molar-refractivity contribution in [1.82, 2.24) is 9.80 Å². The summed E-state index contributed by atoms with van der Waals surface area (Å²) in [6, 6.07) is 0. The molecule has 0 spiro atoms. The van der Waals surface area contributed by atoms with E-state index in [1.165, 1.54) is 0 Å². The standard InChI is InChI=1S/C34H56N2O9/c1-8-26(38)24(4)31-27(43-31)21-33(5,41)14-9-10-22(2)30-23(3)11-12-28(44-32(40)36-18-16-35(7)17-19-36)34(6,42)15-13-25(37)20-29(39)45-30/h9-12,14,23-28,30-31,37-38,41-42H,8,13,15-21H2,1-7H3/b12-11+,14-9+,22-10+/t23-,24+,25+,26-,27+,28+,30+,31+,33-,34+/m0/s1. The Bertz CT molecular complexity index is 1080. The Kier molecular flexibility index (Phi) is 13.2. The van der Waals surface area contributed by atoms with E-state index in [1.807, 2.05) is 34.7 Å². The third-order valence-corrected chi connectivity index (χ3v) is 9.36. The number of hydrogen-bond donors (Lipinski definition) is 4. The summed E-state index contributed by atoms with van der Waals surface area (Å²) in [4.78, 5) is 29.6. The van der Waals surface area contributed by atoms with Gasteiger partial charge in [0.25, 0.3) is 0 Å². The number of epoxide rings is 1. The lowest BCUT2D eigenvalue weighted by molar-refractivity contribution is -0.151. The molecule has 256 valence electrons. The monoisotopic (exact) mass is 636 g/mol. The van der Waals surface area contributed by atoms with Crippen LogP contribution in [0.3, 0.4) is 0 Å². The minimum atomic E-state index is -1.48. The zero-order valence-corrected chi connectivity index (χ0v) is 28.1. The van der Waals surface area contributed by atoms with E-state index < -0.39 is 47.7 Å². The van der Waals surface area contributed by atoms with Gasteiger partial charge in [-0.2, -0.15) is 0 Å². The van der Waals surface area contributed by atoms with Gasteiger partial charge in [0, 0.05) is 44.4 Å². The quantitative estimate of drug-likeness (QED) is 0.129. The number of allylic oxidation sites excluding steroid dienone is 2. The maximum Gasteiger partial charge on any atom is 0.410 e. The van der Waals surface area contributed by atoms with Crippen molar-refractivity contribution in [2.45, 2.75) is 121 Å². The first-order valence-corrected chi connectivity index (χ1v) is 16.4. The smallest absolute Gasteiger partial charge is 0.410 e. The fourth-order valence-electron chi connectivity index (χ4n) is 5.97. The predicted molar refractivity (Wildman–Crippen MR) is 170 cm³/mol. The lowest BCUT2D eigenvalue weighted by Crippen LogP contribution is -2.50. The molecule has 11 nitrogen and oxygen atoms in total. The molecule has 0 saturated carbocycles. The molecule has 0 radical (unpaired) electrons. The summed E-state index contributed by atoms with van der Waals surface area (Å²) in [5.74, 6) is -0.942. The number of aliphatic hydroxyl groups excluding tert-OH is 2. The molecular weight excluding hydrogens is 580 g/mol. The van der Waals surface area contributed by atoms with Gasteiger partial charge in [0.05, 0.1) is 36.4 Å². The van der Waals surface area contributed by atoms with Crippen LogP contribution in [0, 0.1) is 11.8 Å². The number of likely N-dealkylation sites (N-methyl/N-ethyl adjacent to an activating group) is 1. The van der Waals surface area contributed by atoms with Crippen molar-refractivity contribution in [1.29, 1.82) is 0 Å². The van der Waals surface area contributed by atoms with E-state index in [2.05, 4.69) is 4.90 Å². The van der Waals surface area contributed by atoms with Gasteiger partial charge in [-0.3, -0.25) is 4.79 Å². The summed E-state index contributed by atoms with van der Waals surface area (Å²) in [6.07, 6.45) is 5.71. The second kappa shape index (κ2) is 16.0. The van der Waals surface area contributed by atoms with Crippen LogP contribution in [0.4, 0.5) is 4.79 Å². The predicted octanol–water partition coefficient (Wildman–Crippen LogP) is 2.96. The second-order valence-corrected chi connectivity index (χ2v) is 13.8. The van der Waals surface area contributed by atoms with Crippen LogP contribution in [0.5, 0.6) is 0 Å². The SMILES string of the molecule is CC[C@H](O)[C@@H](C)[C@H]1O[C@@H]1C[C@@](C)(O)/C=C/C=C(\C)[C@H]1OC(=O)C[C@H](O)CC[C@@](C)(O)[C@H](OC(=O)N2CCN(C)CC2)/C=C/[C@@H]1C. The van der Waals surface area contributed by atoms with Crippen LogP contribution in [0.2, 0.25) is 0 Å². The molecule has 45 heavy (non-hydrogen) atoms. The van der Waals surface area contributed by atoms with E-state index in [1.54, 1.807) is 49.1 Å². The van der Waals surface area contributed by atoms with Crippen LogP contribution in [-0.2, 0) is 19.0 Å². The molecule has 3 rings (SSSR count). The van der Waals surface area contributed by atoms with Gasteiger partial charge in [-0.1, -0.05) is 45.1 Å². The fourth-order valence-corrected chi connectivity index (χ4v) is 5.97. The van der Waals surface area contributed by atoms with Gasteiger partial charge < -0.3 is 44.4 Å². The van der Waals surface area contributed by atoms with Crippen molar-refractivity contribution in [3.63, 3.8) is 0 Å². The van der Waals surface area contributed by atoms with Gasteiger partial charge in [-0.25, -0.2) is 4.79 Å². The number of esters is 1. The highest BCUT2D eigenvalue weighted by molar-refractivity contribution is 5.70. The molecule has 1 amide bonds. The topological polar surface area (TPSA) is 153 Å². The molecule has 0 aromatic heterocycles. The first kappa shape index (κ1) is 37.2. The second-order valence-electron chi connectivity index (χ2n) is 13.8. The maximum atomic E-state index is 13.0.